The fourth-order valence-corrected chi connectivity index (χ4v) is 2.79. The molecule has 1 aliphatic heterocycles. The van der Waals surface area contributed by atoms with Crippen LogP contribution in [0.4, 0.5) is 4.79 Å². The van der Waals surface area contributed by atoms with Gasteiger partial charge in [0.05, 0.1) is 5.69 Å². The van der Waals surface area contributed by atoms with Crippen molar-refractivity contribution in [1.82, 2.24) is 20.3 Å². The molecule has 1 aromatic carbocycles. The number of amides is 1. The summed E-state index contributed by atoms with van der Waals surface area (Å²) in [5.74, 6) is 0. The number of cyclic esters (lactones) is 1. The third kappa shape index (κ3) is 2.69. The van der Waals surface area contributed by atoms with E-state index in [-0.39, 0.29) is 6.04 Å². The molecule has 0 saturated carbocycles. The first kappa shape index (κ1) is 14.3. The molecule has 0 radical (unpaired) electrons. The van der Waals surface area contributed by atoms with Crippen molar-refractivity contribution in [2.75, 3.05) is 0 Å². The molecular formula is C18H14N4O2. The van der Waals surface area contributed by atoms with Gasteiger partial charge in [-0.1, -0.05) is 30.3 Å². The van der Waals surface area contributed by atoms with E-state index in [1.165, 1.54) is 6.33 Å². The first-order chi connectivity index (χ1) is 11.8. The van der Waals surface area contributed by atoms with Crippen LogP contribution in [0.1, 0.15) is 23.4 Å². The van der Waals surface area contributed by atoms with Gasteiger partial charge in [-0.15, -0.1) is 0 Å². The highest BCUT2D eigenvalue weighted by atomic mass is 16.6. The Hall–Kier alpha value is -3.28. The van der Waals surface area contributed by atoms with E-state index in [0.717, 1.165) is 16.7 Å². The Morgan fingerprint density at radius 2 is 1.88 bits per heavy atom. The van der Waals surface area contributed by atoms with E-state index in [1.807, 2.05) is 36.4 Å². The van der Waals surface area contributed by atoms with Gasteiger partial charge >= 0.3 is 6.09 Å². The Labute approximate surface area is 138 Å². The second-order valence-electron chi connectivity index (χ2n) is 5.46. The van der Waals surface area contributed by atoms with Crippen molar-refractivity contribution in [3.05, 3.63) is 78.6 Å². The van der Waals surface area contributed by atoms with Crippen LogP contribution in [-0.4, -0.2) is 21.0 Å². The Kier molecular flexibility index (Phi) is 3.63. The number of rotatable bonds is 3. The van der Waals surface area contributed by atoms with Crippen molar-refractivity contribution >= 4 is 6.09 Å². The van der Waals surface area contributed by atoms with Crippen molar-refractivity contribution in [2.24, 2.45) is 0 Å². The average molecular weight is 318 g/mol. The van der Waals surface area contributed by atoms with E-state index in [2.05, 4.69) is 20.3 Å². The summed E-state index contributed by atoms with van der Waals surface area (Å²) in [6.07, 6.45) is 5.64. The van der Waals surface area contributed by atoms with Crippen molar-refractivity contribution in [2.45, 2.75) is 12.1 Å². The van der Waals surface area contributed by atoms with E-state index in [9.17, 15) is 4.79 Å². The van der Waals surface area contributed by atoms with Crippen LogP contribution in [0.5, 0.6) is 0 Å². The lowest BCUT2D eigenvalue weighted by molar-refractivity contribution is 0.129. The maximum Gasteiger partial charge on any atom is 0.408 e. The Morgan fingerprint density at radius 1 is 1.00 bits per heavy atom. The van der Waals surface area contributed by atoms with Crippen LogP contribution in [0, 0.1) is 0 Å². The van der Waals surface area contributed by atoms with E-state index >= 15 is 0 Å². The van der Waals surface area contributed by atoms with Gasteiger partial charge in [0.2, 0.25) is 0 Å². The molecule has 2 aromatic heterocycles. The van der Waals surface area contributed by atoms with Crippen LogP contribution in [0.2, 0.25) is 0 Å². The van der Waals surface area contributed by atoms with Crippen LogP contribution in [0.25, 0.3) is 11.1 Å². The summed E-state index contributed by atoms with van der Waals surface area (Å²) in [5.41, 5.74) is 3.57. The van der Waals surface area contributed by atoms with Gasteiger partial charge in [0, 0.05) is 24.2 Å². The molecular weight excluding hydrogens is 304 g/mol. The second-order valence-corrected chi connectivity index (χ2v) is 5.46. The van der Waals surface area contributed by atoms with Gasteiger partial charge < -0.3 is 10.1 Å². The van der Waals surface area contributed by atoms with Gasteiger partial charge in [0.1, 0.15) is 12.4 Å². The van der Waals surface area contributed by atoms with E-state index in [1.54, 1.807) is 24.7 Å². The van der Waals surface area contributed by atoms with E-state index < -0.39 is 12.2 Å². The molecule has 2 atom stereocenters. The van der Waals surface area contributed by atoms with Crippen LogP contribution in [0.3, 0.4) is 0 Å². The predicted molar refractivity (Wildman–Crippen MR) is 86.8 cm³/mol. The minimum atomic E-state index is -0.506. The zero-order valence-corrected chi connectivity index (χ0v) is 12.7. The number of aromatic nitrogens is 3. The number of benzene rings is 1. The molecule has 6 nitrogen and oxygen atoms in total. The van der Waals surface area contributed by atoms with Crippen molar-refractivity contribution in [3.63, 3.8) is 0 Å². The topological polar surface area (TPSA) is 77.0 Å². The van der Waals surface area contributed by atoms with Crippen LogP contribution in [0.15, 0.2) is 67.4 Å². The van der Waals surface area contributed by atoms with Crippen molar-refractivity contribution < 1.29 is 9.53 Å². The standard InChI is InChI=1S/C18H14N4O2/c23-18-22-16(17(24-18)15-6-7-19-11-21-15)14-8-13(9-20-10-14)12-4-2-1-3-5-12/h1-11,16-17H,(H,22,23)/t16-,17+/m0/s1. The predicted octanol–water partition coefficient (Wildman–Crippen LogP) is 3.06. The molecule has 3 aromatic rings. The first-order valence-corrected chi connectivity index (χ1v) is 7.55. The average Bonchev–Trinajstić information content (AvgIpc) is 3.05. The third-order valence-corrected chi connectivity index (χ3v) is 3.93. The van der Waals surface area contributed by atoms with Crippen molar-refractivity contribution in [3.8, 4) is 11.1 Å². The molecule has 6 heteroatoms. The van der Waals surface area contributed by atoms with Gasteiger partial charge in [-0.2, -0.15) is 0 Å². The summed E-state index contributed by atoms with van der Waals surface area (Å²) in [7, 11) is 0. The minimum absolute atomic E-state index is 0.344. The number of carbonyl (C=O) groups is 1. The highest BCUT2D eigenvalue weighted by Crippen LogP contribution is 2.36. The van der Waals surface area contributed by atoms with Crippen LogP contribution < -0.4 is 5.32 Å². The summed E-state index contributed by atoms with van der Waals surface area (Å²) in [6, 6.07) is 13.4. The third-order valence-electron chi connectivity index (χ3n) is 3.93. The molecule has 0 bridgehead atoms. The Balaban J connectivity index is 1.71. The van der Waals surface area contributed by atoms with Gasteiger partial charge in [0.25, 0.3) is 0 Å². The molecule has 24 heavy (non-hydrogen) atoms. The number of nitrogens with zero attached hydrogens (tertiary/aromatic N) is 3. The smallest absolute Gasteiger partial charge is 0.408 e. The number of nitrogens with one attached hydrogen (secondary N) is 1. The number of hydrogen-bond donors (Lipinski definition) is 1. The molecule has 118 valence electrons. The van der Waals surface area contributed by atoms with Crippen LogP contribution in [-0.2, 0) is 4.74 Å². The fraction of sp³-hybridized carbons (Fsp3) is 0.111. The molecule has 3 heterocycles. The largest absolute Gasteiger partial charge is 0.437 e. The molecule has 0 spiro atoms. The minimum Gasteiger partial charge on any atom is -0.437 e. The quantitative estimate of drug-likeness (QED) is 0.803. The molecule has 0 unspecified atom stereocenters. The highest BCUT2D eigenvalue weighted by molar-refractivity contribution is 5.71. The lowest BCUT2D eigenvalue weighted by Crippen LogP contribution is -2.20. The van der Waals surface area contributed by atoms with Gasteiger partial charge in [-0.05, 0) is 23.3 Å². The Bertz CT molecular complexity index is 855. The number of hydrogen-bond acceptors (Lipinski definition) is 5. The van der Waals surface area contributed by atoms with Gasteiger partial charge in [0.15, 0.2) is 6.10 Å². The molecule has 1 aliphatic rings. The zero-order chi connectivity index (χ0) is 16.4. The van der Waals surface area contributed by atoms with Crippen LogP contribution >= 0.6 is 0 Å². The number of ether oxygens (including phenoxy) is 1. The number of pyridine rings is 1. The maximum atomic E-state index is 11.8. The Morgan fingerprint density at radius 3 is 2.67 bits per heavy atom. The number of carbonyl (C=O) groups excluding carboxylic acids is 1. The van der Waals surface area contributed by atoms with Gasteiger partial charge in [-0.3, -0.25) is 4.98 Å². The summed E-state index contributed by atoms with van der Waals surface area (Å²) >= 11 is 0. The van der Waals surface area contributed by atoms with Crippen molar-refractivity contribution in [1.29, 1.82) is 0 Å². The summed E-state index contributed by atoms with van der Waals surface area (Å²) < 4.78 is 5.39. The molecule has 4 rings (SSSR count). The summed E-state index contributed by atoms with van der Waals surface area (Å²) in [6.45, 7) is 0. The molecule has 0 aliphatic carbocycles. The first-order valence-electron chi connectivity index (χ1n) is 7.55. The maximum absolute atomic E-state index is 11.8. The lowest BCUT2D eigenvalue weighted by atomic mass is 9.98. The van der Waals surface area contributed by atoms with E-state index in [0.29, 0.717) is 5.69 Å². The van der Waals surface area contributed by atoms with E-state index in [4.69, 9.17) is 4.74 Å². The normalized spacial score (nSPS) is 19.6. The molecule has 1 N–H and O–H groups in total. The lowest BCUT2D eigenvalue weighted by Gasteiger charge is -2.17. The van der Waals surface area contributed by atoms with Gasteiger partial charge in [-0.25, -0.2) is 14.8 Å². The fourth-order valence-electron chi connectivity index (χ4n) is 2.79. The summed E-state index contributed by atoms with van der Waals surface area (Å²) in [4.78, 5) is 24.2. The SMILES string of the molecule is O=C1N[C@@H](c2cncc(-c3ccccc3)c2)[C@@H](c2ccncn2)O1. The second kappa shape index (κ2) is 6.08. The molecule has 1 fully saturated rings. The zero-order valence-electron chi connectivity index (χ0n) is 12.7. The highest BCUT2D eigenvalue weighted by Gasteiger charge is 2.37. The summed E-state index contributed by atoms with van der Waals surface area (Å²) in [5, 5.41) is 2.84. The number of alkyl carbamates (subject to hydrolysis) is 1. The monoisotopic (exact) mass is 318 g/mol. The molecule has 1 amide bonds. The molecule has 1 saturated heterocycles.